The first-order valence-electron chi connectivity index (χ1n) is 12.5. The Kier molecular flexibility index (Phi) is 8.90. The summed E-state index contributed by atoms with van der Waals surface area (Å²) >= 11 is 1.63. The molecule has 0 saturated carbocycles. The molecule has 2 bridgehead atoms. The summed E-state index contributed by atoms with van der Waals surface area (Å²) in [5.74, 6) is -1.63. The molecule has 0 aromatic heterocycles. The van der Waals surface area contributed by atoms with Crippen molar-refractivity contribution in [2.24, 2.45) is 17.8 Å². The molecule has 0 aromatic carbocycles. The van der Waals surface area contributed by atoms with Gasteiger partial charge in [0.1, 0.15) is 12.6 Å². The lowest BCUT2D eigenvalue weighted by Gasteiger charge is -2.40. The van der Waals surface area contributed by atoms with Crippen LogP contribution in [0.2, 0.25) is 0 Å². The number of carbonyl (C=O) groups excluding carboxylic acids is 3. The standard InChI is InChI=1S/C26H40N2O5S/c1-6-9-13-27(12-7-2)24(31)22-26-11-10-19(34-26)20(25(32)33-14-8-3)21(26)23(30)28(22)18(16-29)15-17(4)5/h7-8,17-22,29H,2-3,6,9-16H2,1,4-5H3/t18-,19+,20-,21+,22?,26?/m1/s1. The number of likely N-dealkylation sites (tertiary alicyclic amines) is 1. The van der Waals surface area contributed by atoms with Gasteiger partial charge in [0.15, 0.2) is 0 Å². The molecular weight excluding hydrogens is 452 g/mol. The summed E-state index contributed by atoms with van der Waals surface area (Å²) in [5.41, 5.74) is 0. The molecule has 0 aliphatic carbocycles. The fourth-order valence-corrected chi connectivity index (χ4v) is 8.25. The summed E-state index contributed by atoms with van der Waals surface area (Å²) in [6.45, 7) is 14.5. The Bertz CT molecular complexity index is 802. The van der Waals surface area contributed by atoms with E-state index in [-0.39, 0.29) is 42.2 Å². The summed E-state index contributed by atoms with van der Waals surface area (Å²) in [4.78, 5) is 44.7. The van der Waals surface area contributed by atoms with E-state index in [2.05, 4.69) is 20.1 Å². The van der Waals surface area contributed by atoms with Crippen LogP contribution in [0.25, 0.3) is 0 Å². The minimum Gasteiger partial charge on any atom is -0.461 e. The maximum atomic E-state index is 14.1. The van der Waals surface area contributed by atoms with Crippen molar-refractivity contribution in [3.8, 4) is 0 Å². The number of carbonyl (C=O) groups is 3. The van der Waals surface area contributed by atoms with Crippen molar-refractivity contribution in [2.45, 2.75) is 75.0 Å². The van der Waals surface area contributed by atoms with Gasteiger partial charge in [-0.25, -0.2) is 0 Å². The number of ether oxygens (including phenoxy) is 1. The average Bonchev–Trinajstić information content (AvgIpc) is 3.45. The van der Waals surface area contributed by atoms with Crippen molar-refractivity contribution in [2.75, 3.05) is 26.3 Å². The smallest absolute Gasteiger partial charge is 0.311 e. The van der Waals surface area contributed by atoms with Gasteiger partial charge >= 0.3 is 5.97 Å². The lowest BCUT2D eigenvalue weighted by Crippen LogP contribution is -2.57. The number of unbranched alkanes of at least 4 members (excludes halogenated alkanes) is 1. The molecule has 7 nitrogen and oxygen atoms in total. The first-order valence-corrected chi connectivity index (χ1v) is 13.4. The molecule has 0 aromatic rings. The molecule has 0 radical (unpaired) electrons. The number of aliphatic hydroxyl groups is 1. The monoisotopic (exact) mass is 492 g/mol. The van der Waals surface area contributed by atoms with Crippen LogP contribution >= 0.6 is 11.8 Å². The van der Waals surface area contributed by atoms with Crippen LogP contribution in [-0.2, 0) is 19.1 Å². The van der Waals surface area contributed by atoms with Crippen LogP contribution in [0.5, 0.6) is 0 Å². The number of hydrogen-bond acceptors (Lipinski definition) is 6. The van der Waals surface area contributed by atoms with Gasteiger partial charge in [-0.05, 0) is 31.6 Å². The summed E-state index contributed by atoms with van der Waals surface area (Å²) < 4.78 is 4.73. The zero-order valence-electron chi connectivity index (χ0n) is 20.8. The number of amides is 2. The molecule has 3 aliphatic rings. The molecule has 6 atom stereocenters. The van der Waals surface area contributed by atoms with Gasteiger partial charge in [-0.1, -0.05) is 45.9 Å². The lowest BCUT2D eigenvalue weighted by molar-refractivity contribution is -0.153. The molecule has 3 aliphatic heterocycles. The topological polar surface area (TPSA) is 87.2 Å². The fourth-order valence-electron chi connectivity index (χ4n) is 6.06. The van der Waals surface area contributed by atoms with E-state index in [0.717, 1.165) is 19.3 Å². The summed E-state index contributed by atoms with van der Waals surface area (Å²) in [6, 6.07) is -1.17. The number of esters is 1. The highest BCUT2D eigenvalue weighted by Crippen LogP contribution is 2.67. The normalized spacial score (nSPS) is 30.4. The maximum Gasteiger partial charge on any atom is 0.311 e. The van der Waals surface area contributed by atoms with Gasteiger partial charge in [0, 0.05) is 18.3 Å². The van der Waals surface area contributed by atoms with Crippen LogP contribution in [0, 0.1) is 17.8 Å². The predicted octanol–water partition coefficient (Wildman–Crippen LogP) is 3.03. The molecule has 190 valence electrons. The van der Waals surface area contributed by atoms with Gasteiger partial charge in [-0.2, -0.15) is 0 Å². The van der Waals surface area contributed by atoms with Crippen LogP contribution in [-0.4, -0.2) is 81.1 Å². The van der Waals surface area contributed by atoms with Gasteiger partial charge in [-0.15, -0.1) is 18.3 Å². The lowest BCUT2D eigenvalue weighted by atomic mass is 9.71. The first-order chi connectivity index (χ1) is 16.3. The Morgan fingerprint density at radius 2 is 2.09 bits per heavy atom. The summed E-state index contributed by atoms with van der Waals surface area (Å²) in [5, 5.41) is 10.3. The molecule has 2 unspecified atom stereocenters. The second kappa shape index (κ2) is 11.3. The minimum absolute atomic E-state index is 0.0371. The van der Waals surface area contributed by atoms with E-state index in [4.69, 9.17) is 4.74 Å². The number of aliphatic hydroxyl groups excluding tert-OH is 1. The fraction of sp³-hybridized carbons (Fsp3) is 0.731. The number of thioether (sulfide) groups is 1. The van der Waals surface area contributed by atoms with Crippen molar-refractivity contribution < 1.29 is 24.2 Å². The van der Waals surface area contributed by atoms with Crippen LogP contribution < -0.4 is 0 Å². The average molecular weight is 493 g/mol. The van der Waals surface area contributed by atoms with Crippen LogP contribution in [0.15, 0.2) is 25.3 Å². The SMILES string of the molecule is C=CCOC(=O)[C@@H]1[C@@H]2CCC3(S2)C(C(=O)N(CC=C)CCCC)N([C@@H](CO)CC(C)C)C(=O)[C@H]13. The highest BCUT2D eigenvalue weighted by molar-refractivity contribution is 8.02. The Labute approximate surface area is 208 Å². The second-order valence-corrected chi connectivity index (χ2v) is 11.7. The number of fused-ring (bicyclic) bond motifs is 1. The molecule has 3 fully saturated rings. The third-order valence-corrected chi connectivity index (χ3v) is 9.33. The van der Waals surface area contributed by atoms with E-state index in [1.54, 1.807) is 27.6 Å². The summed E-state index contributed by atoms with van der Waals surface area (Å²) in [7, 11) is 0. The first kappa shape index (κ1) is 26.8. The third-order valence-electron chi connectivity index (χ3n) is 7.38. The van der Waals surface area contributed by atoms with Crippen LogP contribution in [0.3, 0.4) is 0 Å². The Morgan fingerprint density at radius 1 is 1.35 bits per heavy atom. The zero-order chi connectivity index (χ0) is 25.0. The highest BCUT2D eigenvalue weighted by Gasteiger charge is 2.74. The highest BCUT2D eigenvalue weighted by atomic mass is 32.2. The van der Waals surface area contributed by atoms with Gasteiger partial charge in [0.05, 0.1) is 29.2 Å². The van der Waals surface area contributed by atoms with Crippen LogP contribution in [0.4, 0.5) is 0 Å². The molecule has 3 heterocycles. The van der Waals surface area contributed by atoms with Crippen molar-refractivity contribution in [1.29, 1.82) is 0 Å². The Balaban J connectivity index is 2.05. The summed E-state index contributed by atoms with van der Waals surface area (Å²) in [6.07, 6.45) is 7.10. The zero-order valence-corrected chi connectivity index (χ0v) is 21.6. The number of rotatable bonds is 13. The molecule has 8 heteroatoms. The van der Waals surface area contributed by atoms with Crippen molar-refractivity contribution in [3.63, 3.8) is 0 Å². The third kappa shape index (κ3) is 4.68. The quantitative estimate of drug-likeness (QED) is 0.314. The Hall–Kier alpha value is -1.80. The second-order valence-electron chi connectivity index (χ2n) is 10.1. The molecule has 1 N–H and O–H groups in total. The van der Waals surface area contributed by atoms with E-state index < -0.39 is 28.7 Å². The van der Waals surface area contributed by atoms with Gasteiger partial charge in [-0.3, -0.25) is 14.4 Å². The van der Waals surface area contributed by atoms with E-state index in [1.807, 2.05) is 13.8 Å². The molecule has 34 heavy (non-hydrogen) atoms. The van der Waals surface area contributed by atoms with E-state index >= 15 is 0 Å². The molecular formula is C26H40N2O5S. The number of nitrogens with zero attached hydrogens (tertiary/aromatic N) is 2. The van der Waals surface area contributed by atoms with Crippen LogP contribution in [0.1, 0.15) is 52.9 Å². The van der Waals surface area contributed by atoms with Gasteiger partial charge in [0.25, 0.3) is 0 Å². The van der Waals surface area contributed by atoms with Crippen molar-refractivity contribution in [3.05, 3.63) is 25.3 Å². The minimum atomic E-state index is -0.704. The van der Waals surface area contributed by atoms with E-state index in [9.17, 15) is 19.5 Å². The number of hydrogen-bond donors (Lipinski definition) is 1. The maximum absolute atomic E-state index is 14.1. The predicted molar refractivity (Wildman–Crippen MR) is 134 cm³/mol. The van der Waals surface area contributed by atoms with Gasteiger partial charge in [0.2, 0.25) is 11.8 Å². The Morgan fingerprint density at radius 3 is 2.68 bits per heavy atom. The molecule has 3 rings (SSSR count). The van der Waals surface area contributed by atoms with E-state index in [0.29, 0.717) is 25.9 Å². The van der Waals surface area contributed by atoms with Crippen molar-refractivity contribution in [1.82, 2.24) is 9.80 Å². The largest absolute Gasteiger partial charge is 0.461 e. The molecule has 1 spiro atoms. The van der Waals surface area contributed by atoms with E-state index in [1.165, 1.54) is 6.08 Å². The molecule has 2 amide bonds. The van der Waals surface area contributed by atoms with Gasteiger partial charge < -0.3 is 19.6 Å². The van der Waals surface area contributed by atoms with Crippen molar-refractivity contribution >= 4 is 29.5 Å². The molecule has 3 saturated heterocycles.